The molecule has 0 aliphatic carbocycles. The lowest BCUT2D eigenvalue weighted by Crippen LogP contribution is -2.44. The molecule has 0 amide bonds. The maximum Gasteiger partial charge on any atom is 0.00871 e. The molecule has 0 atom stereocenters. The Kier molecular flexibility index (Phi) is 5.07. The fourth-order valence-corrected chi connectivity index (χ4v) is 2.83. The Hall–Kier alpha value is -0.0800. The highest BCUT2D eigenvalue weighted by atomic mass is 15.1. The number of hydrogen-bond acceptors (Lipinski definition) is 2. The van der Waals surface area contributed by atoms with E-state index in [-0.39, 0.29) is 0 Å². The molecule has 1 aliphatic rings. The van der Waals surface area contributed by atoms with Gasteiger partial charge in [0, 0.05) is 12.6 Å². The Labute approximate surface area is 95.4 Å². The third-order valence-electron chi connectivity index (χ3n) is 4.01. The molecule has 2 heteroatoms. The lowest BCUT2D eigenvalue weighted by atomic mass is 9.80. The topological polar surface area (TPSA) is 15.3 Å². The summed E-state index contributed by atoms with van der Waals surface area (Å²) >= 11 is 0. The third-order valence-corrected chi connectivity index (χ3v) is 4.01. The van der Waals surface area contributed by atoms with Crippen LogP contribution in [-0.2, 0) is 0 Å². The molecule has 0 radical (unpaired) electrons. The normalized spacial score (nSPS) is 21.2. The average molecular weight is 212 g/mol. The summed E-state index contributed by atoms with van der Waals surface area (Å²) in [6.45, 7) is 10.7. The number of hydrogen-bond donors (Lipinski definition) is 1. The molecule has 0 aromatic heterocycles. The minimum Gasteiger partial charge on any atom is -0.317 e. The van der Waals surface area contributed by atoms with Gasteiger partial charge < -0.3 is 10.2 Å². The Morgan fingerprint density at radius 3 is 2.20 bits per heavy atom. The highest BCUT2D eigenvalue weighted by Gasteiger charge is 2.29. The predicted molar refractivity (Wildman–Crippen MR) is 67.2 cm³/mol. The van der Waals surface area contributed by atoms with E-state index in [9.17, 15) is 0 Å². The Balaban J connectivity index is 2.44. The van der Waals surface area contributed by atoms with Crippen molar-refractivity contribution in [2.45, 2.75) is 52.5 Å². The molecule has 0 aromatic rings. The summed E-state index contributed by atoms with van der Waals surface area (Å²) in [6, 6.07) is 0.775. The van der Waals surface area contributed by atoms with Gasteiger partial charge in [-0.25, -0.2) is 0 Å². The SMILES string of the molecule is CCC(CC)N(C)CC1(C)CCNCC1. The standard InChI is InChI=1S/C13H28N2/c1-5-12(6-2)15(4)11-13(3)7-9-14-10-8-13/h12,14H,5-11H2,1-4H3. The van der Waals surface area contributed by atoms with Gasteiger partial charge in [0.25, 0.3) is 0 Å². The molecule has 0 unspecified atom stereocenters. The highest BCUT2D eigenvalue weighted by molar-refractivity contribution is 4.84. The van der Waals surface area contributed by atoms with Gasteiger partial charge in [0.05, 0.1) is 0 Å². The Bertz CT molecular complexity index is 169. The van der Waals surface area contributed by atoms with Crippen LogP contribution in [0, 0.1) is 5.41 Å². The molecule has 0 bridgehead atoms. The van der Waals surface area contributed by atoms with Gasteiger partial charge in [-0.2, -0.15) is 0 Å². The molecule has 2 nitrogen and oxygen atoms in total. The van der Waals surface area contributed by atoms with Crippen LogP contribution in [-0.4, -0.2) is 37.6 Å². The van der Waals surface area contributed by atoms with Crippen LogP contribution < -0.4 is 5.32 Å². The van der Waals surface area contributed by atoms with E-state index in [1.165, 1.54) is 45.3 Å². The van der Waals surface area contributed by atoms with Gasteiger partial charge in [0.15, 0.2) is 0 Å². The van der Waals surface area contributed by atoms with Crippen molar-refractivity contribution in [1.82, 2.24) is 10.2 Å². The van der Waals surface area contributed by atoms with Crippen molar-refractivity contribution in [3.63, 3.8) is 0 Å². The van der Waals surface area contributed by atoms with Crippen LogP contribution in [0.1, 0.15) is 46.5 Å². The zero-order valence-corrected chi connectivity index (χ0v) is 11.0. The molecule has 15 heavy (non-hydrogen) atoms. The van der Waals surface area contributed by atoms with Crippen molar-refractivity contribution in [1.29, 1.82) is 0 Å². The molecule has 90 valence electrons. The first kappa shape index (κ1) is 13.0. The molecule has 1 fully saturated rings. The zero-order valence-electron chi connectivity index (χ0n) is 11.0. The van der Waals surface area contributed by atoms with Crippen molar-refractivity contribution >= 4 is 0 Å². The summed E-state index contributed by atoms with van der Waals surface area (Å²) in [7, 11) is 2.30. The van der Waals surface area contributed by atoms with Crippen molar-refractivity contribution in [2.24, 2.45) is 5.41 Å². The van der Waals surface area contributed by atoms with Gasteiger partial charge in [-0.15, -0.1) is 0 Å². The second-order valence-corrected chi connectivity index (χ2v) is 5.45. The third kappa shape index (κ3) is 3.76. The van der Waals surface area contributed by atoms with E-state index < -0.39 is 0 Å². The minimum atomic E-state index is 0.544. The molecule has 1 heterocycles. The monoisotopic (exact) mass is 212 g/mol. The first-order valence-corrected chi connectivity index (χ1v) is 6.52. The lowest BCUT2D eigenvalue weighted by molar-refractivity contribution is 0.112. The zero-order chi connectivity index (χ0) is 11.3. The van der Waals surface area contributed by atoms with Gasteiger partial charge in [-0.05, 0) is 51.2 Å². The number of piperidine rings is 1. The number of nitrogens with zero attached hydrogens (tertiary/aromatic N) is 1. The molecule has 1 N–H and O–H groups in total. The van der Waals surface area contributed by atoms with Crippen LogP contribution >= 0.6 is 0 Å². The second kappa shape index (κ2) is 5.86. The van der Waals surface area contributed by atoms with Crippen LogP contribution in [0.15, 0.2) is 0 Å². The van der Waals surface area contributed by atoms with Crippen LogP contribution in [0.25, 0.3) is 0 Å². The molecule has 1 saturated heterocycles. The fourth-order valence-electron chi connectivity index (χ4n) is 2.83. The quantitative estimate of drug-likeness (QED) is 0.753. The maximum absolute atomic E-state index is 3.45. The van der Waals surface area contributed by atoms with E-state index in [1.54, 1.807) is 0 Å². The van der Waals surface area contributed by atoms with Crippen LogP contribution in [0.5, 0.6) is 0 Å². The van der Waals surface area contributed by atoms with E-state index in [0.717, 1.165) is 6.04 Å². The molecular formula is C13H28N2. The maximum atomic E-state index is 3.45. The van der Waals surface area contributed by atoms with E-state index in [1.807, 2.05) is 0 Å². The molecule has 1 aliphatic heterocycles. The minimum absolute atomic E-state index is 0.544. The largest absolute Gasteiger partial charge is 0.317 e. The molecule has 1 rings (SSSR count). The van der Waals surface area contributed by atoms with Crippen molar-refractivity contribution < 1.29 is 0 Å². The Morgan fingerprint density at radius 2 is 1.73 bits per heavy atom. The first-order valence-electron chi connectivity index (χ1n) is 6.52. The first-order chi connectivity index (χ1) is 7.11. The van der Waals surface area contributed by atoms with Crippen molar-refractivity contribution in [3.05, 3.63) is 0 Å². The second-order valence-electron chi connectivity index (χ2n) is 5.45. The van der Waals surface area contributed by atoms with Crippen molar-refractivity contribution in [2.75, 3.05) is 26.7 Å². The van der Waals surface area contributed by atoms with Gasteiger partial charge >= 0.3 is 0 Å². The predicted octanol–water partition coefficient (Wildman–Crippen LogP) is 2.50. The van der Waals surface area contributed by atoms with Gasteiger partial charge in [0.2, 0.25) is 0 Å². The molecule has 0 saturated carbocycles. The molecule has 0 aromatic carbocycles. The van der Waals surface area contributed by atoms with E-state index in [0.29, 0.717) is 5.41 Å². The summed E-state index contributed by atoms with van der Waals surface area (Å²) in [5, 5.41) is 3.45. The van der Waals surface area contributed by atoms with E-state index in [4.69, 9.17) is 0 Å². The number of nitrogens with one attached hydrogen (secondary N) is 1. The van der Waals surface area contributed by atoms with Gasteiger partial charge in [-0.3, -0.25) is 0 Å². The van der Waals surface area contributed by atoms with Crippen LogP contribution in [0.2, 0.25) is 0 Å². The highest BCUT2D eigenvalue weighted by Crippen LogP contribution is 2.29. The summed E-state index contributed by atoms with van der Waals surface area (Å²) in [4.78, 5) is 2.57. The van der Waals surface area contributed by atoms with Gasteiger partial charge in [0.1, 0.15) is 0 Å². The summed E-state index contributed by atoms with van der Waals surface area (Å²) in [5.74, 6) is 0. The Morgan fingerprint density at radius 1 is 1.20 bits per heavy atom. The summed E-state index contributed by atoms with van der Waals surface area (Å²) in [5.41, 5.74) is 0.544. The van der Waals surface area contributed by atoms with E-state index in [2.05, 4.69) is 38.0 Å². The smallest absolute Gasteiger partial charge is 0.00871 e. The van der Waals surface area contributed by atoms with E-state index >= 15 is 0 Å². The fraction of sp³-hybridized carbons (Fsp3) is 1.00. The average Bonchev–Trinajstić information content (AvgIpc) is 2.19. The molecule has 0 spiro atoms. The van der Waals surface area contributed by atoms with Gasteiger partial charge in [-0.1, -0.05) is 20.8 Å². The van der Waals surface area contributed by atoms with Crippen LogP contribution in [0.4, 0.5) is 0 Å². The number of rotatable bonds is 5. The summed E-state index contributed by atoms with van der Waals surface area (Å²) in [6.07, 6.45) is 5.22. The lowest BCUT2D eigenvalue weighted by Gasteiger charge is -2.39. The van der Waals surface area contributed by atoms with Crippen molar-refractivity contribution in [3.8, 4) is 0 Å². The summed E-state index contributed by atoms with van der Waals surface area (Å²) < 4.78 is 0. The molecular weight excluding hydrogens is 184 g/mol. The van der Waals surface area contributed by atoms with Crippen LogP contribution in [0.3, 0.4) is 0 Å².